The number of esters is 1. The number of hydrogen-bond acceptors (Lipinski definition) is 5. The number of rotatable bonds is 4. The maximum atomic E-state index is 11.0. The Morgan fingerprint density at radius 2 is 2.31 bits per heavy atom. The number of carbonyl (C=O) groups excluding carboxylic acids is 1. The van der Waals surface area contributed by atoms with Crippen molar-refractivity contribution in [2.75, 3.05) is 6.61 Å². The molecule has 72 valence electrons. The number of hydrogen-bond donors (Lipinski definition) is 0. The molecule has 0 aliphatic rings. The average Bonchev–Trinajstić information content (AvgIpc) is 2.52. The van der Waals surface area contributed by atoms with Crippen LogP contribution in [0, 0.1) is 0 Å². The molecule has 0 aliphatic heterocycles. The van der Waals surface area contributed by atoms with E-state index in [0.29, 0.717) is 24.7 Å². The lowest BCUT2D eigenvalue weighted by Gasteiger charge is -1.96. The predicted molar refractivity (Wildman–Crippen MR) is 44.0 cm³/mol. The van der Waals surface area contributed by atoms with Gasteiger partial charge in [0.1, 0.15) is 6.42 Å². The molecule has 0 aliphatic carbocycles. The van der Waals surface area contributed by atoms with Crippen LogP contribution in [0.1, 0.15) is 25.6 Å². The van der Waals surface area contributed by atoms with Crippen molar-refractivity contribution in [2.24, 2.45) is 0 Å². The molecule has 13 heavy (non-hydrogen) atoms. The Morgan fingerprint density at radius 1 is 1.54 bits per heavy atom. The Labute approximate surface area is 76.1 Å². The van der Waals surface area contributed by atoms with Crippen molar-refractivity contribution in [3.8, 4) is 0 Å². The molecule has 1 aromatic heterocycles. The quantitative estimate of drug-likeness (QED) is 0.645. The molecule has 5 heteroatoms. The minimum absolute atomic E-state index is 0.0807. The Kier molecular flexibility index (Phi) is 3.42. The van der Waals surface area contributed by atoms with Gasteiger partial charge in [0, 0.05) is 6.42 Å². The summed E-state index contributed by atoms with van der Waals surface area (Å²) in [5.74, 6) is 0.598. The van der Waals surface area contributed by atoms with Crippen LogP contribution in [0.4, 0.5) is 0 Å². The highest BCUT2D eigenvalue weighted by Crippen LogP contribution is 1.99. The summed E-state index contributed by atoms with van der Waals surface area (Å²) in [7, 11) is 0. The molecule has 0 N–H and O–H groups in total. The Hall–Kier alpha value is -1.39. The van der Waals surface area contributed by atoms with Gasteiger partial charge in [0.15, 0.2) is 5.82 Å². The highest BCUT2D eigenvalue weighted by atomic mass is 16.5. The van der Waals surface area contributed by atoms with E-state index in [1.807, 2.05) is 6.92 Å². The summed E-state index contributed by atoms with van der Waals surface area (Å²) in [6.45, 7) is 4.03. The molecule has 0 radical (unpaired) electrons. The van der Waals surface area contributed by atoms with Crippen LogP contribution in [-0.2, 0) is 22.4 Å². The van der Waals surface area contributed by atoms with Crippen molar-refractivity contribution < 1.29 is 14.1 Å². The molecule has 0 saturated carbocycles. The van der Waals surface area contributed by atoms with E-state index >= 15 is 0 Å². The average molecular weight is 184 g/mol. The van der Waals surface area contributed by atoms with Crippen LogP contribution in [0.5, 0.6) is 0 Å². The summed E-state index contributed by atoms with van der Waals surface area (Å²) in [5.41, 5.74) is 0. The first kappa shape index (κ1) is 9.70. The lowest BCUT2D eigenvalue weighted by Crippen LogP contribution is -2.08. The molecular formula is C8H12N2O3. The smallest absolute Gasteiger partial charge is 0.313 e. The van der Waals surface area contributed by atoms with Crippen LogP contribution in [-0.4, -0.2) is 22.7 Å². The molecule has 0 unspecified atom stereocenters. The molecule has 0 atom stereocenters. The van der Waals surface area contributed by atoms with Gasteiger partial charge in [-0.05, 0) is 6.92 Å². The molecule has 1 heterocycles. The molecule has 0 saturated heterocycles. The number of ether oxygens (including phenoxy) is 1. The zero-order chi connectivity index (χ0) is 9.68. The summed E-state index contributed by atoms with van der Waals surface area (Å²) >= 11 is 0. The Morgan fingerprint density at radius 3 is 2.85 bits per heavy atom. The summed E-state index contributed by atoms with van der Waals surface area (Å²) in [6.07, 6.45) is 0.757. The third-order valence-corrected chi connectivity index (χ3v) is 1.42. The van der Waals surface area contributed by atoms with Gasteiger partial charge in [-0.25, -0.2) is 0 Å². The van der Waals surface area contributed by atoms with Gasteiger partial charge >= 0.3 is 5.97 Å². The van der Waals surface area contributed by atoms with Crippen molar-refractivity contribution in [1.82, 2.24) is 10.1 Å². The van der Waals surface area contributed by atoms with Gasteiger partial charge in [-0.2, -0.15) is 4.98 Å². The predicted octanol–water partition coefficient (Wildman–Crippen LogP) is 0.738. The van der Waals surface area contributed by atoms with Crippen LogP contribution < -0.4 is 0 Å². The minimum Gasteiger partial charge on any atom is -0.466 e. The van der Waals surface area contributed by atoms with E-state index in [-0.39, 0.29) is 12.4 Å². The standard InChI is InChI=1S/C8H12N2O3/c1-3-7-9-6(10-13-7)5-8(11)12-4-2/h3-5H2,1-2H3. The van der Waals surface area contributed by atoms with E-state index in [1.54, 1.807) is 6.92 Å². The molecule has 1 rings (SSSR count). The summed E-state index contributed by atoms with van der Waals surface area (Å²) in [6, 6.07) is 0. The largest absolute Gasteiger partial charge is 0.466 e. The Bertz CT molecular complexity index is 283. The molecule has 0 fully saturated rings. The monoisotopic (exact) mass is 184 g/mol. The highest BCUT2D eigenvalue weighted by molar-refractivity contribution is 5.71. The third-order valence-electron chi connectivity index (χ3n) is 1.42. The normalized spacial score (nSPS) is 10.0. The Balaban J connectivity index is 2.49. The zero-order valence-electron chi connectivity index (χ0n) is 7.74. The van der Waals surface area contributed by atoms with Crippen molar-refractivity contribution in [3.05, 3.63) is 11.7 Å². The van der Waals surface area contributed by atoms with Gasteiger partial charge < -0.3 is 9.26 Å². The summed E-state index contributed by atoms with van der Waals surface area (Å²) < 4.78 is 9.55. The second kappa shape index (κ2) is 4.59. The summed E-state index contributed by atoms with van der Waals surface area (Å²) in [5, 5.41) is 3.62. The first-order valence-corrected chi connectivity index (χ1v) is 4.23. The van der Waals surface area contributed by atoms with E-state index in [4.69, 9.17) is 9.26 Å². The first-order chi connectivity index (χ1) is 6.26. The van der Waals surface area contributed by atoms with E-state index in [2.05, 4.69) is 10.1 Å². The zero-order valence-corrected chi connectivity index (χ0v) is 7.74. The fraction of sp³-hybridized carbons (Fsp3) is 0.625. The second-order valence-corrected chi connectivity index (χ2v) is 2.44. The maximum absolute atomic E-state index is 11.0. The molecule has 5 nitrogen and oxygen atoms in total. The lowest BCUT2D eigenvalue weighted by atomic mass is 10.4. The first-order valence-electron chi connectivity index (χ1n) is 4.23. The van der Waals surface area contributed by atoms with E-state index in [9.17, 15) is 4.79 Å². The van der Waals surface area contributed by atoms with Gasteiger partial charge in [0.05, 0.1) is 6.61 Å². The van der Waals surface area contributed by atoms with Crippen molar-refractivity contribution in [3.63, 3.8) is 0 Å². The van der Waals surface area contributed by atoms with Crippen molar-refractivity contribution in [2.45, 2.75) is 26.7 Å². The SMILES string of the molecule is CCOC(=O)Cc1noc(CC)n1. The maximum Gasteiger partial charge on any atom is 0.313 e. The molecule has 0 bridgehead atoms. The topological polar surface area (TPSA) is 65.2 Å². The molecule has 1 aromatic rings. The lowest BCUT2D eigenvalue weighted by molar-refractivity contribution is -0.142. The number of aryl methyl sites for hydroxylation is 1. The number of aromatic nitrogens is 2. The summed E-state index contributed by atoms with van der Waals surface area (Å²) in [4.78, 5) is 14.9. The van der Waals surface area contributed by atoms with Crippen LogP contribution >= 0.6 is 0 Å². The molecule has 0 amide bonds. The minimum atomic E-state index is -0.328. The molecule has 0 aromatic carbocycles. The van der Waals surface area contributed by atoms with E-state index in [1.165, 1.54) is 0 Å². The fourth-order valence-electron chi connectivity index (χ4n) is 0.847. The van der Waals surface area contributed by atoms with Crippen LogP contribution in [0.3, 0.4) is 0 Å². The van der Waals surface area contributed by atoms with E-state index < -0.39 is 0 Å². The van der Waals surface area contributed by atoms with Gasteiger partial charge in [-0.15, -0.1) is 0 Å². The number of carbonyl (C=O) groups is 1. The van der Waals surface area contributed by atoms with Gasteiger partial charge in [-0.3, -0.25) is 4.79 Å². The van der Waals surface area contributed by atoms with E-state index in [0.717, 1.165) is 0 Å². The second-order valence-electron chi connectivity index (χ2n) is 2.44. The van der Waals surface area contributed by atoms with Crippen LogP contribution in [0.25, 0.3) is 0 Å². The van der Waals surface area contributed by atoms with Crippen molar-refractivity contribution >= 4 is 5.97 Å². The third kappa shape index (κ3) is 2.85. The fourth-order valence-corrected chi connectivity index (χ4v) is 0.847. The number of nitrogens with zero attached hydrogens (tertiary/aromatic N) is 2. The van der Waals surface area contributed by atoms with Gasteiger partial charge in [-0.1, -0.05) is 12.1 Å². The molecule has 0 spiro atoms. The van der Waals surface area contributed by atoms with Crippen LogP contribution in [0.2, 0.25) is 0 Å². The highest BCUT2D eigenvalue weighted by Gasteiger charge is 2.09. The van der Waals surface area contributed by atoms with Crippen LogP contribution in [0.15, 0.2) is 4.52 Å². The van der Waals surface area contributed by atoms with Crippen molar-refractivity contribution in [1.29, 1.82) is 0 Å². The van der Waals surface area contributed by atoms with Gasteiger partial charge in [0.25, 0.3) is 0 Å². The molecular weight excluding hydrogens is 172 g/mol. The van der Waals surface area contributed by atoms with Gasteiger partial charge in [0.2, 0.25) is 5.89 Å².